The first-order valence-corrected chi connectivity index (χ1v) is 6.24. The van der Waals surface area contributed by atoms with Gasteiger partial charge >= 0.3 is 0 Å². The molecule has 2 N–H and O–H groups in total. The molecule has 0 heterocycles. The highest BCUT2D eigenvalue weighted by Crippen LogP contribution is 2.25. The van der Waals surface area contributed by atoms with Crippen LogP contribution in [0.25, 0.3) is 0 Å². The predicted molar refractivity (Wildman–Crippen MR) is 71.3 cm³/mol. The first-order valence-electron chi connectivity index (χ1n) is 5.45. The van der Waals surface area contributed by atoms with Crippen molar-refractivity contribution in [1.82, 2.24) is 0 Å². The third kappa shape index (κ3) is 2.76. The van der Waals surface area contributed by atoms with Gasteiger partial charge in [-0.1, -0.05) is 12.1 Å². The van der Waals surface area contributed by atoms with Gasteiger partial charge in [0.05, 0.1) is 10.5 Å². The minimum absolute atomic E-state index is 0.335. The van der Waals surface area contributed by atoms with Crippen molar-refractivity contribution in [1.29, 1.82) is 0 Å². The second-order valence-electron chi connectivity index (χ2n) is 4.21. The summed E-state index contributed by atoms with van der Waals surface area (Å²) in [5, 5.41) is 0. The highest BCUT2D eigenvalue weighted by Gasteiger charge is 2.12. The van der Waals surface area contributed by atoms with Gasteiger partial charge in [-0.2, -0.15) is 0 Å². The third-order valence-electron chi connectivity index (χ3n) is 2.73. The van der Waals surface area contributed by atoms with Crippen LogP contribution in [0.15, 0.2) is 40.9 Å². The zero-order valence-corrected chi connectivity index (χ0v) is 11.3. The summed E-state index contributed by atoms with van der Waals surface area (Å²) in [5.74, 6) is -0.714. The van der Waals surface area contributed by atoms with E-state index in [1.165, 1.54) is 18.2 Å². The van der Waals surface area contributed by atoms with Gasteiger partial charge in [-0.05, 0) is 63.8 Å². The van der Waals surface area contributed by atoms with Crippen molar-refractivity contribution < 1.29 is 8.78 Å². The lowest BCUT2D eigenvalue weighted by atomic mass is 9.98. The van der Waals surface area contributed by atoms with Crippen LogP contribution in [-0.4, -0.2) is 0 Å². The summed E-state index contributed by atoms with van der Waals surface area (Å²) in [6, 6.07) is 8.73. The second-order valence-corrected chi connectivity index (χ2v) is 5.07. The molecule has 0 saturated heterocycles. The lowest BCUT2D eigenvalue weighted by Crippen LogP contribution is -2.12. The van der Waals surface area contributed by atoms with Gasteiger partial charge in [-0.25, -0.2) is 8.78 Å². The molecule has 0 aromatic heterocycles. The minimum atomic E-state index is -0.540. The van der Waals surface area contributed by atoms with Crippen LogP contribution in [0.5, 0.6) is 0 Å². The Balaban J connectivity index is 2.40. The fourth-order valence-corrected chi connectivity index (χ4v) is 2.09. The molecule has 18 heavy (non-hydrogen) atoms. The topological polar surface area (TPSA) is 26.0 Å². The summed E-state index contributed by atoms with van der Waals surface area (Å²) in [5.41, 5.74) is 8.06. The molecule has 94 valence electrons. The molecule has 0 spiro atoms. The molecule has 0 aliphatic heterocycles. The Morgan fingerprint density at radius 3 is 2.39 bits per heavy atom. The highest BCUT2D eigenvalue weighted by atomic mass is 79.9. The van der Waals surface area contributed by atoms with Crippen LogP contribution >= 0.6 is 15.9 Å². The number of hydrogen-bond donors (Lipinski definition) is 1. The van der Waals surface area contributed by atoms with Crippen molar-refractivity contribution in [3.8, 4) is 0 Å². The summed E-state index contributed by atoms with van der Waals surface area (Å²) >= 11 is 3.08. The summed E-state index contributed by atoms with van der Waals surface area (Å²) in [7, 11) is 0. The third-order valence-corrected chi connectivity index (χ3v) is 3.37. The molecule has 0 radical (unpaired) electrons. The van der Waals surface area contributed by atoms with Crippen LogP contribution in [0.3, 0.4) is 0 Å². The van der Waals surface area contributed by atoms with Crippen LogP contribution in [0.2, 0.25) is 0 Å². The zero-order chi connectivity index (χ0) is 13.3. The Morgan fingerprint density at radius 2 is 1.78 bits per heavy atom. The Morgan fingerprint density at radius 1 is 1.06 bits per heavy atom. The number of hydrogen-bond acceptors (Lipinski definition) is 1. The van der Waals surface area contributed by atoms with E-state index < -0.39 is 6.04 Å². The first-order chi connectivity index (χ1) is 8.47. The highest BCUT2D eigenvalue weighted by molar-refractivity contribution is 9.10. The summed E-state index contributed by atoms with van der Waals surface area (Å²) in [4.78, 5) is 0. The lowest BCUT2D eigenvalue weighted by Gasteiger charge is -2.14. The van der Waals surface area contributed by atoms with Crippen LogP contribution in [-0.2, 0) is 0 Å². The fourth-order valence-electron chi connectivity index (χ4n) is 1.84. The van der Waals surface area contributed by atoms with Crippen LogP contribution < -0.4 is 5.73 Å². The van der Waals surface area contributed by atoms with Gasteiger partial charge in [-0.15, -0.1) is 0 Å². The molecule has 0 amide bonds. The molecule has 1 unspecified atom stereocenters. The summed E-state index contributed by atoms with van der Waals surface area (Å²) in [6.45, 7) is 1.79. The quantitative estimate of drug-likeness (QED) is 0.888. The summed E-state index contributed by atoms with van der Waals surface area (Å²) in [6.07, 6.45) is 0. The van der Waals surface area contributed by atoms with E-state index in [9.17, 15) is 8.78 Å². The Bertz CT molecular complexity index is 564. The SMILES string of the molecule is Cc1cc(F)cc(C(N)c2ccc(Br)c(F)c2)c1. The molecular weight excluding hydrogens is 300 g/mol. The molecule has 1 nitrogen and oxygen atoms in total. The van der Waals surface area contributed by atoms with E-state index in [2.05, 4.69) is 15.9 Å². The molecule has 2 aromatic carbocycles. The van der Waals surface area contributed by atoms with Crippen molar-refractivity contribution in [2.75, 3.05) is 0 Å². The minimum Gasteiger partial charge on any atom is -0.320 e. The number of benzene rings is 2. The smallest absolute Gasteiger partial charge is 0.137 e. The van der Waals surface area contributed by atoms with Gasteiger partial charge in [-0.3, -0.25) is 0 Å². The van der Waals surface area contributed by atoms with E-state index >= 15 is 0 Å². The maximum absolute atomic E-state index is 13.4. The predicted octanol–water partition coefficient (Wildman–Crippen LogP) is 4.08. The number of rotatable bonds is 2. The zero-order valence-electron chi connectivity index (χ0n) is 9.75. The van der Waals surface area contributed by atoms with Crippen molar-refractivity contribution >= 4 is 15.9 Å². The first kappa shape index (κ1) is 13.2. The lowest BCUT2D eigenvalue weighted by molar-refractivity contribution is 0.614. The van der Waals surface area contributed by atoms with E-state index in [4.69, 9.17) is 5.73 Å². The van der Waals surface area contributed by atoms with E-state index in [-0.39, 0.29) is 11.6 Å². The van der Waals surface area contributed by atoms with Crippen LogP contribution in [0.4, 0.5) is 8.78 Å². The van der Waals surface area contributed by atoms with Crippen molar-refractivity contribution in [3.63, 3.8) is 0 Å². The van der Waals surface area contributed by atoms with Crippen molar-refractivity contribution in [2.24, 2.45) is 5.73 Å². The van der Waals surface area contributed by atoms with E-state index in [0.717, 1.165) is 5.56 Å². The monoisotopic (exact) mass is 311 g/mol. The molecule has 0 saturated carbocycles. The fraction of sp³-hybridized carbons (Fsp3) is 0.143. The second kappa shape index (κ2) is 5.16. The summed E-state index contributed by atoms with van der Waals surface area (Å²) < 4.78 is 27.1. The maximum Gasteiger partial charge on any atom is 0.137 e. The number of nitrogens with two attached hydrogens (primary N) is 1. The van der Waals surface area contributed by atoms with Crippen LogP contribution in [0.1, 0.15) is 22.7 Å². The molecule has 2 rings (SSSR count). The van der Waals surface area contributed by atoms with Gasteiger partial charge in [0.1, 0.15) is 11.6 Å². The van der Waals surface area contributed by atoms with E-state index in [1.807, 2.05) is 0 Å². The standard InChI is InChI=1S/C14H12BrF2N/c1-8-4-10(6-11(16)5-8)14(18)9-2-3-12(15)13(17)7-9/h2-7,14H,18H2,1H3. The van der Waals surface area contributed by atoms with Gasteiger partial charge in [0.2, 0.25) is 0 Å². The number of halogens is 3. The normalized spacial score (nSPS) is 12.5. The molecule has 0 aliphatic rings. The van der Waals surface area contributed by atoms with Crippen molar-refractivity contribution in [2.45, 2.75) is 13.0 Å². The molecule has 4 heteroatoms. The van der Waals surface area contributed by atoms with Gasteiger partial charge in [0.15, 0.2) is 0 Å². The average molecular weight is 312 g/mol. The van der Waals surface area contributed by atoms with Gasteiger partial charge in [0.25, 0.3) is 0 Å². The average Bonchev–Trinajstić information content (AvgIpc) is 2.30. The molecule has 1 atom stereocenters. The molecular formula is C14H12BrF2N. The molecule has 0 aliphatic carbocycles. The van der Waals surface area contributed by atoms with E-state index in [1.54, 1.807) is 25.1 Å². The molecule has 0 fully saturated rings. The van der Waals surface area contributed by atoms with Crippen LogP contribution in [0, 0.1) is 18.6 Å². The number of aryl methyl sites for hydroxylation is 1. The van der Waals surface area contributed by atoms with Crippen molar-refractivity contribution in [3.05, 3.63) is 69.2 Å². The Hall–Kier alpha value is -1.26. The largest absolute Gasteiger partial charge is 0.320 e. The Kier molecular flexibility index (Phi) is 3.78. The van der Waals surface area contributed by atoms with Gasteiger partial charge < -0.3 is 5.73 Å². The van der Waals surface area contributed by atoms with E-state index in [0.29, 0.717) is 15.6 Å². The van der Waals surface area contributed by atoms with Gasteiger partial charge in [0, 0.05) is 0 Å². The maximum atomic E-state index is 13.4. The molecule has 0 bridgehead atoms. The molecule has 2 aromatic rings. The Labute approximate surface area is 113 Å².